The van der Waals surface area contributed by atoms with Crippen molar-refractivity contribution < 1.29 is 0 Å². The summed E-state index contributed by atoms with van der Waals surface area (Å²) >= 11 is 0. The van der Waals surface area contributed by atoms with E-state index in [1.807, 2.05) is 13.0 Å². The topological polar surface area (TPSA) is 66.0 Å². The van der Waals surface area contributed by atoms with E-state index in [1.165, 1.54) is 16.7 Å². The fourth-order valence-electron chi connectivity index (χ4n) is 2.50. The summed E-state index contributed by atoms with van der Waals surface area (Å²) in [5.74, 6) is 4.99. The Balaban J connectivity index is 1.98. The highest BCUT2D eigenvalue weighted by molar-refractivity contribution is 5.63. The average Bonchev–Trinajstić information content (AvgIpc) is 2.54. The van der Waals surface area contributed by atoms with E-state index < -0.39 is 0 Å². The Hall–Kier alpha value is -2.40. The highest BCUT2D eigenvalue weighted by Gasteiger charge is 2.07. The summed E-state index contributed by atoms with van der Waals surface area (Å²) in [6, 6.07) is 19.3. The third-order valence-electron chi connectivity index (χ3n) is 3.41. The molecule has 2 aromatic rings. The molecule has 5 nitrogen and oxygen atoms in total. The predicted octanol–water partition coefficient (Wildman–Crippen LogP) is 3.00. The summed E-state index contributed by atoms with van der Waals surface area (Å²) in [6.07, 6.45) is 0. The van der Waals surface area contributed by atoms with Crippen LogP contribution in [0.1, 0.15) is 12.5 Å². The van der Waals surface area contributed by atoms with Gasteiger partial charge in [-0.05, 0) is 36.7 Å². The van der Waals surface area contributed by atoms with Gasteiger partial charge < -0.3 is 10.7 Å². The molecular formula is C17H23N5. The lowest BCUT2D eigenvalue weighted by atomic mass is 10.0. The maximum atomic E-state index is 4.99. The average molecular weight is 297 g/mol. The molecule has 0 aliphatic carbocycles. The minimum atomic E-state index is 0.189. The summed E-state index contributed by atoms with van der Waals surface area (Å²) in [7, 11) is 2.09. The highest BCUT2D eigenvalue weighted by Crippen LogP contribution is 2.20. The molecule has 1 atom stereocenters. The highest BCUT2D eigenvalue weighted by atomic mass is 15.5. The minimum absolute atomic E-state index is 0.189. The van der Waals surface area contributed by atoms with Crippen LogP contribution in [0.4, 0.5) is 0 Å². The molecular weight excluding hydrogens is 274 g/mol. The number of nitrogens with one attached hydrogen (secondary N) is 1. The molecule has 116 valence electrons. The van der Waals surface area contributed by atoms with Gasteiger partial charge in [0.15, 0.2) is 0 Å². The van der Waals surface area contributed by atoms with Crippen LogP contribution in [0.5, 0.6) is 0 Å². The van der Waals surface area contributed by atoms with Crippen LogP contribution in [0.3, 0.4) is 0 Å². The van der Waals surface area contributed by atoms with Crippen LogP contribution < -0.4 is 11.3 Å². The normalized spacial score (nSPS) is 12.7. The first-order chi connectivity index (χ1) is 10.7. The van der Waals surface area contributed by atoms with E-state index in [4.69, 9.17) is 5.84 Å². The molecule has 0 radical (unpaired) electrons. The van der Waals surface area contributed by atoms with Crippen LogP contribution in [0, 0.1) is 0 Å². The molecule has 0 spiro atoms. The van der Waals surface area contributed by atoms with Gasteiger partial charge in [0.05, 0.1) is 6.04 Å². The largest absolute Gasteiger partial charge is 0.303 e. The Labute approximate surface area is 131 Å². The van der Waals surface area contributed by atoms with E-state index in [-0.39, 0.29) is 6.04 Å². The summed E-state index contributed by atoms with van der Waals surface area (Å²) in [5, 5.41) is 6.82. The summed E-state index contributed by atoms with van der Waals surface area (Å²) in [4.78, 5) is 2.24. The lowest BCUT2D eigenvalue weighted by Crippen LogP contribution is -2.34. The zero-order valence-corrected chi connectivity index (χ0v) is 13.1. The molecule has 3 N–H and O–H groups in total. The molecule has 0 fully saturated rings. The van der Waals surface area contributed by atoms with Gasteiger partial charge in [0.25, 0.3) is 0 Å². The van der Waals surface area contributed by atoms with Gasteiger partial charge in [0, 0.05) is 13.1 Å². The van der Waals surface area contributed by atoms with Gasteiger partial charge >= 0.3 is 0 Å². The van der Waals surface area contributed by atoms with Gasteiger partial charge in [-0.2, -0.15) is 0 Å². The first kappa shape index (κ1) is 16.0. The van der Waals surface area contributed by atoms with Crippen LogP contribution in [0.2, 0.25) is 0 Å². The van der Waals surface area contributed by atoms with E-state index in [1.54, 1.807) is 0 Å². The van der Waals surface area contributed by atoms with E-state index in [0.717, 1.165) is 13.1 Å². The summed E-state index contributed by atoms with van der Waals surface area (Å²) < 4.78 is 0. The smallest absolute Gasteiger partial charge is 0.0556 e. The van der Waals surface area contributed by atoms with Gasteiger partial charge in [-0.1, -0.05) is 59.0 Å². The van der Waals surface area contributed by atoms with E-state index in [0.29, 0.717) is 0 Å². The van der Waals surface area contributed by atoms with Crippen LogP contribution >= 0.6 is 0 Å². The van der Waals surface area contributed by atoms with E-state index in [9.17, 15) is 0 Å². The molecule has 2 aromatic carbocycles. The molecule has 1 unspecified atom stereocenters. The number of nitrogens with zero attached hydrogens (tertiary/aromatic N) is 3. The van der Waals surface area contributed by atoms with Crippen molar-refractivity contribution in [3.63, 3.8) is 0 Å². The van der Waals surface area contributed by atoms with Crippen molar-refractivity contribution in [3.8, 4) is 11.1 Å². The zero-order valence-electron chi connectivity index (χ0n) is 13.1. The van der Waals surface area contributed by atoms with Crippen molar-refractivity contribution in [3.05, 3.63) is 60.2 Å². The zero-order chi connectivity index (χ0) is 15.8. The first-order valence-corrected chi connectivity index (χ1v) is 7.37. The van der Waals surface area contributed by atoms with E-state index in [2.05, 4.69) is 76.4 Å². The molecule has 0 saturated heterocycles. The monoisotopic (exact) mass is 297 g/mol. The Morgan fingerprint density at radius 3 is 2.55 bits per heavy atom. The molecule has 0 aliphatic rings. The van der Waals surface area contributed by atoms with Gasteiger partial charge in [-0.15, -0.1) is 0 Å². The van der Waals surface area contributed by atoms with Crippen molar-refractivity contribution in [2.45, 2.75) is 19.5 Å². The number of likely N-dealkylation sites (N-methyl/N-ethyl adjacent to an activating group) is 1. The second kappa shape index (κ2) is 8.14. The number of hydrogen-bond acceptors (Lipinski definition) is 3. The Morgan fingerprint density at radius 2 is 1.82 bits per heavy atom. The van der Waals surface area contributed by atoms with Crippen molar-refractivity contribution >= 4 is 0 Å². The maximum Gasteiger partial charge on any atom is 0.0556 e. The van der Waals surface area contributed by atoms with Crippen LogP contribution in [0.25, 0.3) is 11.1 Å². The fourth-order valence-corrected chi connectivity index (χ4v) is 2.50. The lowest BCUT2D eigenvalue weighted by Gasteiger charge is -2.21. The van der Waals surface area contributed by atoms with Gasteiger partial charge in [-0.3, -0.25) is 5.43 Å². The Bertz CT molecular complexity index is 597. The number of hydrogen-bond donors (Lipinski definition) is 2. The Morgan fingerprint density at radius 1 is 1.09 bits per heavy atom. The molecule has 0 heterocycles. The van der Waals surface area contributed by atoms with Crippen LogP contribution in [-0.2, 0) is 6.54 Å². The molecule has 0 amide bonds. The van der Waals surface area contributed by atoms with Gasteiger partial charge in [0.2, 0.25) is 0 Å². The van der Waals surface area contributed by atoms with E-state index >= 15 is 0 Å². The maximum absolute atomic E-state index is 4.99. The quantitative estimate of drug-likeness (QED) is 0.469. The summed E-state index contributed by atoms with van der Waals surface area (Å²) in [6.45, 7) is 3.78. The van der Waals surface area contributed by atoms with Gasteiger partial charge in [0.1, 0.15) is 0 Å². The first-order valence-electron chi connectivity index (χ1n) is 7.37. The SMILES string of the molecule is CC(CN(C)Cc1cccc(-c2ccccc2)c1)N/N=N\N. The molecule has 5 heteroatoms. The molecule has 0 bridgehead atoms. The predicted molar refractivity (Wildman–Crippen MR) is 89.9 cm³/mol. The Kier molecular flexibility index (Phi) is 5.91. The van der Waals surface area contributed by atoms with Crippen LogP contribution in [-0.4, -0.2) is 24.5 Å². The number of nitrogens with two attached hydrogens (primary N) is 1. The third-order valence-corrected chi connectivity index (χ3v) is 3.41. The van der Waals surface area contributed by atoms with Crippen molar-refractivity contribution in [2.24, 2.45) is 16.3 Å². The standard InChI is InChI=1S/C17H23N5/c1-14(19-21-20-18)12-22(2)13-15-7-6-10-17(11-15)16-8-4-3-5-9-16/h3-11,14H,12-13H2,1-2H3,(H2,18,21)(H,19,20). The number of rotatable bonds is 7. The molecule has 0 saturated carbocycles. The van der Waals surface area contributed by atoms with Crippen molar-refractivity contribution in [1.29, 1.82) is 0 Å². The molecule has 0 aromatic heterocycles. The molecule has 2 rings (SSSR count). The van der Waals surface area contributed by atoms with Crippen molar-refractivity contribution in [1.82, 2.24) is 10.3 Å². The van der Waals surface area contributed by atoms with Crippen LogP contribution in [0.15, 0.2) is 65.0 Å². The molecule has 22 heavy (non-hydrogen) atoms. The second-order valence-corrected chi connectivity index (χ2v) is 5.51. The fraction of sp³-hybridized carbons (Fsp3) is 0.294. The summed E-state index contributed by atoms with van der Waals surface area (Å²) in [5.41, 5.74) is 6.65. The minimum Gasteiger partial charge on any atom is -0.303 e. The molecule has 0 aliphatic heterocycles. The lowest BCUT2D eigenvalue weighted by molar-refractivity contribution is 0.289. The van der Waals surface area contributed by atoms with Gasteiger partial charge in [-0.25, -0.2) is 0 Å². The number of benzene rings is 2. The third kappa shape index (κ3) is 4.86. The second-order valence-electron chi connectivity index (χ2n) is 5.51. The van der Waals surface area contributed by atoms with Crippen molar-refractivity contribution in [2.75, 3.05) is 13.6 Å².